The van der Waals surface area contributed by atoms with Crippen molar-refractivity contribution >= 4 is 18.0 Å². The van der Waals surface area contributed by atoms with Crippen molar-refractivity contribution in [3.8, 4) is 0 Å². The number of carbonyl (C=O) groups is 2. The van der Waals surface area contributed by atoms with Crippen LogP contribution < -0.4 is 0 Å². The first-order valence-electron chi connectivity index (χ1n) is 6.83. The molecule has 1 N–H and O–H groups in total. The summed E-state index contributed by atoms with van der Waals surface area (Å²) in [7, 11) is 0. The minimum absolute atomic E-state index is 0.190. The van der Waals surface area contributed by atoms with Crippen LogP contribution in [0.2, 0.25) is 0 Å². The normalized spacial score (nSPS) is 10.5. The van der Waals surface area contributed by atoms with E-state index in [4.69, 9.17) is 9.84 Å². The molecule has 112 valence electrons. The zero-order chi connectivity index (χ0) is 15.8. The topological polar surface area (TPSA) is 63.6 Å². The lowest BCUT2D eigenvalue weighted by Crippen LogP contribution is -2.07. The van der Waals surface area contributed by atoms with Crippen LogP contribution >= 0.6 is 0 Å². The summed E-state index contributed by atoms with van der Waals surface area (Å²) in [5, 5.41) is 8.55. The molecule has 22 heavy (non-hydrogen) atoms. The van der Waals surface area contributed by atoms with E-state index < -0.39 is 5.97 Å². The zero-order valence-electron chi connectivity index (χ0n) is 11.9. The van der Waals surface area contributed by atoms with E-state index in [0.717, 1.165) is 22.8 Å². The first-order chi connectivity index (χ1) is 10.6. The molecular weight excluding hydrogens is 280 g/mol. The summed E-state index contributed by atoms with van der Waals surface area (Å²) in [5.41, 5.74) is 2.54. The maximum atomic E-state index is 11.8. The highest BCUT2D eigenvalue weighted by atomic mass is 16.5. The predicted octanol–water partition coefficient (Wildman–Crippen LogP) is 3.07. The fraction of sp³-hybridized carbons (Fsp3) is 0.111. The van der Waals surface area contributed by atoms with Crippen molar-refractivity contribution in [2.45, 2.75) is 13.0 Å². The van der Waals surface area contributed by atoms with E-state index in [9.17, 15) is 9.59 Å². The first kappa shape index (κ1) is 15.5. The number of carbonyl (C=O) groups excluding carboxylic acids is 1. The fourth-order valence-corrected chi connectivity index (χ4v) is 1.87. The van der Waals surface area contributed by atoms with E-state index in [1.54, 1.807) is 24.3 Å². The number of carboxylic acids is 1. The second-order valence-corrected chi connectivity index (χ2v) is 4.74. The lowest BCUT2D eigenvalue weighted by Gasteiger charge is -2.05. The van der Waals surface area contributed by atoms with Gasteiger partial charge in [-0.2, -0.15) is 0 Å². The SMILES string of the molecule is O=C(O)/C=C/c1ccc(CC(=O)OCc2ccccc2)cc1. The number of aliphatic carboxylic acids is 1. The molecule has 0 aliphatic carbocycles. The van der Waals surface area contributed by atoms with Crippen LogP contribution in [0.5, 0.6) is 0 Å². The van der Waals surface area contributed by atoms with Crippen molar-refractivity contribution in [2.75, 3.05) is 0 Å². The number of esters is 1. The quantitative estimate of drug-likeness (QED) is 0.657. The Morgan fingerprint density at radius 2 is 1.64 bits per heavy atom. The summed E-state index contributed by atoms with van der Waals surface area (Å²) in [5.74, 6) is -1.29. The summed E-state index contributed by atoms with van der Waals surface area (Å²) in [6, 6.07) is 16.6. The van der Waals surface area contributed by atoms with Crippen molar-refractivity contribution in [1.82, 2.24) is 0 Å². The van der Waals surface area contributed by atoms with E-state index >= 15 is 0 Å². The standard InChI is InChI=1S/C18H16O4/c19-17(20)11-10-14-6-8-15(9-7-14)12-18(21)22-13-16-4-2-1-3-5-16/h1-11H,12-13H2,(H,19,20)/b11-10+. The minimum atomic E-state index is -0.992. The van der Waals surface area contributed by atoms with Crippen molar-refractivity contribution in [1.29, 1.82) is 0 Å². The summed E-state index contributed by atoms with van der Waals surface area (Å²) in [6.07, 6.45) is 2.76. The van der Waals surface area contributed by atoms with Crippen molar-refractivity contribution in [3.05, 3.63) is 77.4 Å². The third kappa shape index (κ3) is 5.25. The maximum Gasteiger partial charge on any atom is 0.328 e. The van der Waals surface area contributed by atoms with Crippen molar-refractivity contribution < 1.29 is 19.4 Å². The Morgan fingerprint density at radius 3 is 2.27 bits per heavy atom. The van der Waals surface area contributed by atoms with Gasteiger partial charge in [0.05, 0.1) is 6.42 Å². The molecule has 0 amide bonds. The van der Waals surface area contributed by atoms with Gasteiger partial charge < -0.3 is 9.84 Å². The van der Waals surface area contributed by atoms with Crippen LogP contribution in [0.3, 0.4) is 0 Å². The van der Waals surface area contributed by atoms with Crippen molar-refractivity contribution in [3.63, 3.8) is 0 Å². The molecule has 0 aliphatic heterocycles. The highest BCUT2D eigenvalue weighted by Crippen LogP contribution is 2.08. The second-order valence-electron chi connectivity index (χ2n) is 4.74. The van der Waals surface area contributed by atoms with Crippen LogP contribution in [0.4, 0.5) is 0 Å². The number of hydrogen-bond donors (Lipinski definition) is 1. The van der Waals surface area contributed by atoms with Gasteiger partial charge in [0.25, 0.3) is 0 Å². The van der Waals surface area contributed by atoms with E-state index in [1.807, 2.05) is 30.3 Å². The smallest absolute Gasteiger partial charge is 0.328 e. The molecule has 0 spiro atoms. The van der Waals surface area contributed by atoms with Gasteiger partial charge in [0.15, 0.2) is 0 Å². The predicted molar refractivity (Wildman–Crippen MR) is 83.1 cm³/mol. The van der Waals surface area contributed by atoms with Crippen LogP contribution in [0.25, 0.3) is 6.08 Å². The average molecular weight is 296 g/mol. The summed E-state index contributed by atoms with van der Waals surface area (Å²) in [6.45, 7) is 0.263. The third-order valence-electron chi connectivity index (χ3n) is 2.99. The molecule has 0 fully saturated rings. The lowest BCUT2D eigenvalue weighted by atomic mass is 10.1. The second kappa shape index (κ2) is 7.78. The maximum absolute atomic E-state index is 11.8. The fourth-order valence-electron chi connectivity index (χ4n) is 1.87. The lowest BCUT2D eigenvalue weighted by molar-refractivity contribution is -0.144. The zero-order valence-corrected chi connectivity index (χ0v) is 11.9. The van der Waals surface area contributed by atoms with Gasteiger partial charge in [-0.1, -0.05) is 54.6 Å². The van der Waals surface area contributed by atoms with Crippen LogP contribution in [0.1, 0.15) is 16.7 Å². The van der Waals surface area contributed by atoms with E-state index in [0.29, 0.717) is 0 Å². The molecular formula is C18H16O4. The van der Waals surface area contributed by atoms with E-state index in [-0.39, 0.29) is 19.0 Å². The average Bonchev–Trinajstić information content (AvgIpc) is 2.53. The molecule has 0 heterocycles. The largest absolute Gasteiger partial charge is 0.478 e. The molecule has 0 radical (unpaired) electrons. The van der Waals surface area contributed by atoms with E-state index in [2.05, 4.69) is 0 Å². The number of rotatable bonds is 6. The van der Waals surface area contributed by atoms with Gasteiger partial charge in [0.2, 0.25) is 0 Å². The Hall–Kier alpha value is -2.88. The van der Waals surface area contributed by atoms with Gasteiger partial charge in [-0.15, -0.1) is 0 Å². The molecule has 0 atom stereocenters. The highest BCUT2D eigenvalue weighted by Gasteiger charge is 2.05. The summed E-state index contributed by atoms with van der Waals surface area (Å²) >= 11 is 0. The van der Waals surface area contributed by atoms with Crippen molar-refractivity contribution in [2.24, 2.45) is 0 Å². The summed E-state index contributed by atoms with van der Waals surface area (Å²) in [4.78, 5) is 22.2. The molecule has 4 nitrogen and oxygen atoms in total. The molecule has 2 rings (SSSR count). The first-order valence-corrected chi connectivity index (χ1v) is 6.83. The Morgan fingerprint density at radius 1 is 0.955 bits per heavy atom. The Bertz CT molecular complexity index is 657. The summed E-state index contributed by atoms with van der Waals surface area (Å²) < 4.78 is 5.21. The van der Waals surface area contributed by atoms with Gasteiger partial charge in [-0.25, -0.2) is 4.79 Å². The highest BCUT2D eigenvalue weighted by molar-refractivity contribution is 5.85. The molecule has 0 bridgehead atoms. The molecule has 4 heteroatoms. The molecule has 2 aromatic carbocycles. The monoisotopic (exact) mass is 296 g/mol. The molecule has 0 aromatic heterocycles. The molecule has 0 saturated heterocycles. The molecule has 0 saturated carbocycles. The molecule has 0 aliphatic rings. The number of ether oxygens (including phenoxy) is 1. The van der Waals surface area contributed by atoms with Gasteiger partial charge >= 0.3 is 11.9 Å². The number of hydrogen-bond acceptors (Lipinski definition) is 3. The van der Waals surface area contributed by atoms with Crippen LogP contribution in [-0.4, -0.2) is 17.0 Å². The third-order valence-corrected chi connectivity index (χ3v) is 2.99. The van der Waals surface area contributed by atoms with Crippen LogP contribution in [-0.2, 0) is 27.4 Å². The minimum Gasteiger partial charge on any atom is -0.478 e. The Balaban J connectivity index is 1.85. The molecule has 2 aromatic rings. The number of benzene rings is 2. The van der Waals surface area contributed by atoms with Crippen LogP contribution in [0.15, 0.2) is 60.7 Å². The van der Waals surface area contributed by atoms with Gasteiger partial charge in [0.1, 0.15) is 6.61 Å². The van der Waals surface area contributed by atoms with E-state index in [1.165, 1.54) is 6.08 Å². The Labute approximate surface area is 128 Å². The number of carboxylic acid groups (broad SMARTS) is 1. The van der Waals surface area contributed by atoms with Gasteiger partial charge in [-0.3, -0.25) is 4.79 Å². The molecule has 0 unspecified atom stereocenters. The van der Waals surface area contributed by atoms with Crippen LogP contribution in [0, 0.1) is 0 Å². The van der Waals surface area contributed by atoms with Gasteiger partial charge in [-0.05, 0) is 22.8 Å². The Kier molecular flexibility index (Phi) is 5.49. The van der Waals surface area contributed by atoms with Gasteiger partial charge in [0, 0.05) is 6.08 Å².